The molecule has 130 valence electrons. The Bertz CT molecular complexity index is 689. The molecule has 0 spiro atoms. The molecule has 0 radical (unpaired) electrons. The largest absolute Gasteiger partial charge is 0.471 e. The zero-order valence-corrected chi connectivity index (χ0v) is 12.1. The Labute approximate surface area is 133 Å². The number of anilines is 1. The molecule has 0 aromatic carbocycles. The van der Waals surface area contributed by atoms with Crippen LogP contribution in [0.1, 0.15) is 16.1 Å². The van der Waals surface area contributed by atoms with Gasteiger partial charge in [0, 0.05) is 6.07 Å². The van der Waals surface area contributed by atoms with Crippen molar-refractivity contribution in [1.29, 1.82) is 0 Å². The Morgan fingerprint density at radius 2 is 2.17 bits per heavy atom. The number of nitrogens with one attached hydrogen (secondary N) is 1. The summed E-state index contributed by atoms with van der Waals surface area (Å²) in [7, 11) is 0. The second-order valence-corrected chi connectivity index (χ2v) is 4.70. The average molecular weight is 347 g/mol. The highest BCUT2D eigenvalue weighted by Gasteiger charge is 2.41. The normalized spacial score (nSPS) is 11.6. The summed E-state index contributed by atoms with van der Waals surface area (Å²) in [5.74, 6) is -4.60. The molecule has 0 atom stereocenters. The molecule has 0 unspecified atom stereocenters. The van der Waals surface area contributed by atoms with Gasteiger partial charge in [-0.05, 0) is 12.1 Å². The molecule has 2 aromatic heterocycles. The Balaban J connectivity index is 1.93. The molecule has 2 rings (SSSR count). The standard InChI is InChI=1S/C14H13F4N3O3/c15-13(16)14(17,18)7-24-11-2-1-9(5-20-11)21-12(22)8-3-10(4-19)23-6-8/h1-3,5-6,13H,4,7,19H2,(H,21,22). The summed E-state index contributed by atoms with van der Waals surface area (Å²) >= 11 is 0. The number of amides is 1. The van der Waals surface area contributed by atoms with Crippen molar-refractivity contribution in [2.45, 2.75) is 18.9 Å². The van der Waals surface area contributed by atoms with Crippen molar-refractivity contribution in [2.24, 2.45) is 5.73 Å². The molecule has 0 aliphatic rings. The van der Waals surface area contributed by atoms with Gasteiger partial charge in [0.1, 0.15) is 12.0 Å². The summed E-state index contributed by atoms with van der Waals surface area (Å²) in [5.41, 5.74) is 5.86. The number of rotatable bonds is 7. The number of nitrogens with two attached hydrogens (primary N) is 1. The van der Waals surface area contributed by atoms with Crippen LogP contribution in [0.3, 0.4) is 0 Å². The Morgan fingerprint density at radius 1 is 1.42 bits per heavy atom. The van der Waals surface area contributed by atoms with Gasteiger partial charge in [0.05, 0.1) is 24.0 Å². The first-order chi connectivity index (χ1) is 11.3. The van der Waals surface area contributed by atoms with Crippen molar-refractivity contribution in [3.63, 3.8) is 0 Å². The zero-order valence-electron chi connectivity index (χ0n) is 12.1. The Hall–Kier alpha value is -2.62. The molecule has 6 nitrogen and oxygen atoms in total. The number of pyridine rings is 1. The SMILES string of the molecule is NCc1cc(C(=O)Nc2ccc(OCC(F)(F)C(F)F)nc2)co1. The maximum Gasteiger partial charge on any atom is 0.340 e. The van der Waals surface area contributed by atoms with E-state index in [9.17, 15) is 22.4 Å². The molecule has 24 heavy (non-hydrogen) atoms. The number of hydrogen-bond acceptors (Lipinski definition) is 5. The lowest BCUT2D eigenvalue weighted by atomic mass is 10.3. The van der Waals surface area contributed by atoms with Crippen LogP contribution in [0.4, 0.5) is 23.2 Å². The molecule has 0 bridgehead atoms. The molecular weight excluding hydrogens is 334 g/mol. The van der Waals surface area contributed by atoms with Gasteiger partial charge in [-0.2, -0.15) is 8.78 Å². The van der Waals surface area contributed by atoms with Crippen molar-refractivity contribution in [3.05, 3.63) is 42.0 Å². The molecule has 2 aromatic rings. The van der Waals surface area contributed by atoms with Crippen LogP contribution < -0.4 is 15.8 Å². The van der Waals surface area contributed by atoms with E-state index in [0.29, 0.717) is 5.76 Å². The fourth-order valence-electron chi connectivity index (χ4n) is 1.58. The maximum absolute atomic E-state index is 12.7. The number of ether oxygens (including phenoxy) is 1. The predicted octanol–water partition coefficient (Wildman–Crippen LogP) is 2.66. The van der Waals surface area contributed by atoms with E-state index in [4.69, 9.17) is 10.2 Å². The molecule has 2 heterocycles. The highest BCUT2D eigenvalue weighted by atomic mass is 19.3. The van der Waals surface area contributed by atoms with Gasteiger partial charge in [-0.25, -0.2) is 13.8 Å². The van der Waals surface area contributed by atoms with Crippen molar-refractivity contribution < 1.29 is 31.5 Å². The number of furan rings is 1. The van der Waals surface area contributed by atoms with Crippen LogP contribution in [0.25, 0.3) is 0 Å². The molecule has 0 saturated carbocycles. The smallest absolute Gasteiger partial charge is 0.340 e. The molecule has 3 N–H and O–H groups in total. The van der Waals surface area contributed by atoms with Gasteiger partial charge in [0.25, 0.3) is 5.91 Å². The van der Waals surface area contributed by atoms with Gasteiger partial charge in [-0.3, -0.25) is 4.79 Å². The lowest BCUT2D eigenvalue weighted by Crippen LogP contribution is -2.33. The van der Waals surface area contributed by atoms with Crippen LogP contribution in [0.15, 0.2) is 35.1 Å². The van der Waals surface area contributed by atoms with Crippen LogP contribution in [0, 0.1) is 0 Å². The highest BCUT2D eigenvalue weighted by molar-refractivity contribution is 6.04. The van der Waals surface area contributed by atoms with Crippen LogP contribution >= 0.6 is 0 Å². The van der Waals surface area contributed by atoms with Crippen LogP contribution in [0.5, 0.6) is 5.88 Å². The van der Waals surface area contributed by atoms with E-state index in [2.05, 4.69) is 15.0 Å². The third-order valence-electron chi connectivity index (χ3n) is 2.84. The number of carbonyl (C=O) groups excluding carboxylic acids is 1. The first-order valence-corrected chi connectivity index (χ1v) is 6.65. The fourth-order valence-corrected chi connectivity index (χ4v) is 1.58. The topological polar surface area (TPSA) is 90.4 Å². The summed E-state index contributed by atoms with van der Waals surface area (Å²) in [6.07, 6.45) is -1.46. The maximum atomic E-state index is 12.7. The van der Waals surface area contributed by atoms with Gasteiger partial charge in [0.2, 0.25) is 5.88 Å². The van der Waals surface area contributed by atoms with Crippen LogP contribution in [-0.4, -0.2) is 29.8 Å². The molecule has 0 saturated heterocycles. The van der Waals surface area contributed by atoms with Gasteiger partial charge in [0.15, 0.2) is 6.61 Å². The van der Waals surface area contributed by atoms with E-state index in [1.165, 1.54) is 18.4 Å². The number of hydrogen-bond donors (Lipinski definition) is 2. The number of halogens is 4. The van der Waals surface area contributed by atoms with E-state index >= 15 is 0 Å². The molecule has 10 heteroatoms. The number of alkyl halides is 4. The highest BCUT2D eigenvalue weighted by Crippen LogP contribution is 2.24. The second-order valence-electron chi connectivity index (χ2n) is 4.70. The van der Waals surface area contributed by atoms with Crippen molar-refractivity contribution >= 4 is 11.6 Å². The predicted molar refractivity (Wildman–Crippen MR) is 75.2 cm³/mol. The van der Waals surface area contributed by atoms with E-state index in [-0.39, 0.29) is 23.7 Å². The third-order valence-corrected chi connectivity index (χ3v) is 2.84. The summed E-state index contributed by atoms with van der Waals surface area (Å²) in [4.78, 5) is 15.6. The van der Waals surface area contributed by atoms with Crippen LogP contribution in [0.2, 0.25) is 0 Å². The first kappa shape index (κ1) is 17.7. The summed E-state index contributed by atoms with van der Waals surface area (Å²) in [6, 6.07) is 3.95. The fraction of sp³-hybridized carbons (Fsp3) is 0.286. The lowest BCUT2D eigenvalue weighted by Gasteiger charge is -2.15. The molecule has 0 fully saturated rings. The van der Waals surface area contributed by atoms with Gasteiger partial charge in [-0.1, -0.05) is 0 Å². The first-order valence-electron chi connectivity index (χ1n) is 6.65. The summed E-state index contributed by atoms with van der Waals surface area (Å²) in [5, 5.41) is 2.49. The van der Waals surface area contributed by atoms with Crippen molar-refractivity contribution in [3.8, 4) is 5.88 Å². The number of nitrogens with zero attached hydrogens (tertiary/aromatic N) is 1. The average Bonchev–Trinajstić information content (AvgIpc) is 3.03. The summed E-state index contributed by atoms with van der Waals surface area (Å²) in [6.45, 7) is -1.36. The zero-order chi connectivity index (χ0) is 17.7. The minimum atomic E-state index is -4.27. The van der Waals surface area contributed by atoms with Gasteiger partial charge >= 0.3 is 12.3 Å². The lowest BCUT2D eigenvalue weighted by molar-refractivity contribution is -0.148. The number of aromatic nitrogens is 1. The van der Waals surface area contributed by atoms with Crippen LogP contribution in [-0.2, 0) is 6.54 Å². The summed E-state index contributed by atoms with van der Waals surface area (Å²) < 4.78 is 59.0. The molecule has 1 amide bonds. The van der Waals surface area contributed by atoms with E-state index in [1.807, 2.05) is 0 Å². The molecular formula is C14H13F4N3O3. The minimum absolute atomic E-state index is 0.143. The molecule has 0 aliphatic heterocycles. The number of carbonyl (C=O) groups is 1. The van der Waals surface area contributed by atoms with E-state index in [0.717, 1.165) is 12.3 Å². The monoisotopic (exact) mass is 347 g/mol. The van der Waals surface area contributed by atoms with E-state index < -0.39 is 24.9 Å². The van der Waals surface area contributed by atoms with E-state index in [1.54, 1.807) is 0 Å². The second kappa shape index (κ2) is 7.30. The Morgan fingerprint density at radius 3 is 2.71 bits per heavy atom. The van der Waals surface area contributed by atoms with Gasteiger partial charge in [-0.15, -0.1) is 0 Å². The molecule has 0 aliphatic carbocycles. The minimum Gasteiger partial charge on any atom is -0.471 e. The van der Waals surface area contributed by atoms with Gasteiger partial charge < -0.3 is 20.2 Å². The van der Waals surface area contributed by atoms with Crippen molar-refractivity contribution in [1.82, 2.24) is 4.98 Å². The quantitative estimate of drug-likeness (QED) is 0.752. The third kappa shape index (κ3) is 4.44. The Kier molecular flexibility index (Phi) is 5.39. The van der Waals surface area contributed by atoms with Crippen molar-refractivity contribution in [2.75, 3.05) is 11.9 Å².